The maximum atomic E-state index is 12.6. The Morgan fingerprint density at radius 2 is 2.04 bits per heavy atom. The molecular formula is C19H26N2O4. The van der Waals surface area contributed by atoms with Crippen LogP contribution in [0.15, 0.2) is 30.3 Å². The zero-order valence-corrected chi connectivity index (χ0v) is 14.4. The number of urea groups is 1. The molecule has 0 radical (unpaired) electrons. The summed E-state index contributed by atoms with van der Waals surface area (Å²) < 4.78 is 5.76. The summed E-state index contributed by atoms with van der Waals surface area (Å²) in [5, 5.41) is 12.0. The normalized spacial score (nSPS) is 21.6. The third-order valence-corrected chi connectivity index (χ3v) is 4.89. The first-order chi connectivity index (χ1) is 12.1. The minimum atomic E-state index is -0.840. The smallest absolute Gasteiger partial charge is 0.317 e. The van der Waals surface area contributed by atoms with Crippen molar-refractivity contribution in [2.24, 2.45) is 5.92 Å². The van der Waals surface area contributed by atoms with Gasteiger partial charge in [0.2, 0.25) is 0 Å². The van der Waals surface area contributed by atoms with E-state index >= 15 is 0 Å². The van der Waals surface area contributed by atoms with E-state index in [1.165, 1.54) is 12.8 Å². The molecule has 1 aromatic carbocycles. The first kappa shape index (κ1) is 17.7. The molecule has 2 aliphatic rings. The first-order valence-corrected chi connectivity index (χ1v) is 9.04. The fraction of sp³-hybridized carbons (Fsp3) is 0.579. The Morgan fingerprint density at radius 3 is 2.72 bits per heavy atom. The molecule has 0 spiro atoms. The summed E-state index contributed by atoms with van der Waals surface area (Å²) in [4.78, 5) is 25.4. The van der Waals surface area contributed by atoms with Crippen molar-refractivity contribution in [3.8, 4) is 0 Å². The maximum Gasteiger partial charge on any atom is 0.317 e. The van der Waals surface area contributed by atoms with Crippen LogP contribution in [0.1, 0.15) is 31.2 Å². The fourth-order valence-electron chi connectivity index (χ4n) is 3.30. The predicted molar refractivity (Wildman–Crippen MR) is 93.4 cm³/mol. The van der Waals surface area contributed by atoms with Gasteiger partial charge in [0.25, 0.3) is 0 Å². The number of benzene rings is 1. The lowest BCUT2D eigenvalue weighted by atomic mass is 10.0. The molecule has 2 N–H and O–H groups in total. The lowest BCUT2D eigenvalue weighted by molar-refractivity contribution is -0.137. The third-order valence-electron chi connectivity index (χ3n) is 4.89. The first-order valence-electron chi connectivity index (χ1n) is 9.04. The molecule has 6 nitrogen and oxygen atoms in total. The van der Waals surface area contributed by atoms with Gasteiger partial charge in [-0.3, -0.25) is 4.79 Å². The van der Waals surface area contributed by atoms with Crippen LogP contribution in [0.5, 0.6) is 0 Å². The number of hydrogen-bond acceptors (Lipinski definition) is 3. The van der Waals surface area contributed by atoms with Gasteiger partial charge in [-0.05, 0) is 37.2 Å². The van der Waals surface area contributed by atoms with Gasteiger partial charge in [0.15, 0.2) is 0 Å². The minimum absolute atomic E-state index is 0.0472. The van der Waals surface area contributed by atoms with Crippen molar-refractivity contribution in [1.29, 1.82) is 0 Å². The topological polar surface area (TPSA) is 78.9 Å². The van der Waals surface area contributed by atoms with Gasteiger partial charge in [0, 0.05) is 25.6 Å². The summed E-state index contributed by atoms with van der Waals surface area (Å²) in [5.41, 5.74) is 1.09. The molecule has 1 aromatic rings. The van der Waals surface area contributed by atoms with E-state index in [2.05, 4.69) is 5.32 Å². The van der Waals surface area contributed by atoms with E-state index in [4.69, 9.17) is 9.84 Å². The lowest BCUT2D eigenvalue weighted by Crippen LogP contribution is -2.52. The Hall–Kier alpha value is -2.08. The molecule has 0 aromatic heterocycles. The molecule has 2 amide bonds. The number of nitrogens with zero attached hydrogens (tertiary/aromatic N) is 1. The Morgan fingerprint density at radius 1 is 1.28 bits per heavy atom. The highest BCUT2D eigenvalue weighted by Gasteiger charge is 2.36. The average molecular weight is 346 g/mol. The molecule has 6 heteroatoms. The Labute approximate surface area is 148 Å². The lowest BCUT2D eigenvalue weighted by Gasteiger charge is -2.34. The number of carboxylic acids is 1. The van der Waals surface area contributed by atoms with Crippen LogP contribution >= 0.6 is 0 Å². The van der Waals surface area contributed by atoms with Crippen LogP contribution in [-0.2, 0) is 16.0 Å². The van der Waals surface area contributed by atoms with Gasteiger partial charge in [-0.2, -0.15) is 0 Å². The van der Waals surface area contributed by atoms with E-state index in [-0.39, 0.29) is 24.6 Å². The zero-order chi connectivity index (χ0) is 17.6. The molecule has 1 saturated heterocycles. The van der Waals surface area contributed by atoms with E-state index < -0.39 is 5.97 Å². The van der Waals surface area contributed by atoms with Crippen molar-refractivity contribution < 1.29 is 19.4 Å². The summed E-state index contributed by atoms with van der Waals surface area (Å²) in [6.45, 7) is 1.80. The molecule has 1 saturated carbocycles. The molecule has 136 valence electrons. The maximum absolute atomic E-state index is 12.6. The Bertz CT molecular complexity index is 588. The summed E-state index contributed by atoms with van der Waals surface area (Å²) in [6.07, 6.45) is 3.64. The number of carbonyl (C=O) groups excluding carboxylic acids is 1. The van der Waals surface area contributed by atoms with Crippen LogP contribution in [0.3, 0.4) is 0 Å². The van der Waals surface area contributed by atoms with E-state index in [0.29, 0.717) is 38.5 Å². The Balaban J connectivity index is 1.57. The second-order valence-electron chi connectivity index (χ2n) is 6.96. The molecule has 1 aliphatic carbocycles. The van der Waals surface area contributed by atoms with Gasteiger partial charge in [0.1, 0.15) is 0 Å². The van der Waals surface area contributed by atoms with Gasteiger partial charge < -0.3 is 20.1 Å². The van der Waals surface area contributed by atoms with Gasteiger partial charge >= 0.3 is 12.0 Å². The van der Waals surface area contributed by atoms with Gasteiger partial charge in [-0.15, -0.1) is 0 Å². The quantitative estimate of drug-likeness (QED) is 0.794. The largest absolute Gasteiger partial charge is 0.481 e. The van der Waals surface area contributed by atoms with Gasteiger partial charge in [-0.25, -0.2) is 4.79 Å². The highest BCUT2D eigenvalue weighted by atomic mass is 16.5. The number of rotatable bonds is 7. The number of amides is 2. The second kappa shape index (κ2) is 8.34. The zero-order valence-electron chi connectivity index (χ0n) is 14.4. The number of nitrogens with one attached hydrogen (secondary N) is 1. The number of morpholine rings is 1. The van der Waals surface area contributed by atoms with Crippen molar-refractivity contribution >= 4 is 12.0 Å². The monoisotopic (exact) mass is 346 g/mol. The van der Waals surface area contributed by atoms with E-state index in [1.54, 1.807) is 0 Å². The van der Waals surface area contributed by atoms with Gasteiger partial charge in [0.05, 0.1) is 12.7 Å². The van der Waals surface area contributed by atoms with Crippen LogP contribution in [0.2, 0.25) is 0 Å². The molecule has 2 fully saturated rings. The van der Waals surface area contributed by atoms with E-state index in [9.17, 15) is 9.59 Å². The molecule has 2 unspecified atom stereocenters. The van der Waals surface area contributed by atoms with Crippen molar-refractivity contribution in [2.45, 2.75) is 44.2 Å². The van der Waals surface area contributed by atoms with Crippen LogP contribution in [0, 0.1) is 5.92 Å². The second-order valence-corrected chi connectivity index (χ2v) is 6.96. The molecule has 1 heterocycles. The summed E-state index contributed by atoms with van der Waals surface area (Å²) in [5.74, 6) is -0.241. The molecule has 3 rings (SSSR count). The van der Waals surface area contributed by atoms with E-state index in [1.807, 2.05) is 35.2 Å². The molecular weight excluding hydrogens is 320 g/mol. The molecule has 0 bridgehead atoms. The van der Waals surface area contributed by atoms with Crippen molar-refractivity contribution in [3.63, 3.8) is 0 Å². The van der Waals surface area contributed by atoms with E-state index in [0.717, 1.165) is 5.56 Å². The number of hydrogen-bond donors (Lipinski definition) is 2. The van der Waals surface area contributed by atoms with Crippen LogP contribution < -0.4 is 5.32 Å². The third kappa shape index (κ3) is 5.46. The number of carboxylic acid groups (broad SMARTS) is 1. The highest BCUT2D eigenvalue weighted by molar-refractivity contribution is 5.75. The van der Waals surface area contributed by atoms with Crippen molar-refractivity contribution in [2.75, 3.05) is 19.7 Å². The van der Waals surface area contributed by atoms with Gasteiger partial charge in [-0.1, -0.05) is 30.3 Å². The molecule has 25 heavy (non-hydrogen) atoms. The Kier molecular flexibility index (Phi) is 5.91. The number of carbonyl (C=O) groups is 2. The van der Waals surface area contributed by atoms with Crippen LogP contribution in [-0.4, -0.2) is 53.8 Å². The van der Waals surface area contributed by atoms with Crippen molar-refractivity contribution in [3.05, 3.63) is 35.9 Å². The number of ether oxygens (including phenoxy) is 1. The van der Waals surface area contributed by atoms with Crippen LogP contribution in [0.25, 0.3) is 0 Å². The summed E-state index contributed by atoms with van der Waals surface area (Å²) >= 11 is 0. The summed E-state index contributed by atoms with van der Waals surface area (Å²) in [7, 11) is 0. The average Bonchev–Trinajstić information content (AvgIpc) is 3.46. The molecule has 1 aliphatic heterocycles. The highest BCUT2D eigenvalue weighted by Crippen LogP contribution is 2.35. The van der Waals surface area contributed by atoms with Crippen LogP contribution in [0.4, 0.5) is 4.79 Å². The summed E-state index contributed by atoms with van der Waals surface area (Å²) in [6, 6.07) is 9.55. The molecule has 2 atom stereocenters. The van der Waals surface area contributed by atoms with Crippen molar-refractivity contribution in [1.82, 2.24) is 10.2 Å². The standard InChI is InChI=1S/C19H26N2O4/c22-18(23)9-8-16(12-14-4-2-1-3-5-14)20-19(24)21-10-11-25-17(13-21)15-6-7-15/h1-5,15-17H,6-13H2,(H,20,24)(H,22,23). The SMILES string of the molecule is O=C(O)CCC(Cc1ccccc1)NC(=O)N1CCOC(C2CC2)C1. The fourth-order valence-corrected chi connectivity index (χ4v) is 3.30. The minimum Gasteiger partial charge on any atom is -0.481 e. The number of aliphatic carboxylic acids is 1. The predicted octanol–water partition coefficient (Wildman–Crippen LogP) is 2.28.